The van der Waals surface area contributed by atoms with Gasteiger partial charge in [0.25, 0.3) is 17.3 Å². The summed E-state index contributed by atoms with van der Waals surface area (Å²) in [5, 5.41) is 27.2. The van der Waals surface area contributed by atoms with Gasteiger partial charge in [-0.1, -0.05) is 53.0 Å². The van der Waals surface area contributed by atoms with Crippen LogP contribution in [0.3, 0.4) is 0 Å². The number of nitro benzene ring substituents is 2. The maximum Gasteiger partial charge on any atom is 0.277 e. The lowest BCUT2D eigenvalue weighted by Gasteiger charge is -2.28. The third-order valence-electron chi connectivity index (χ3n) is 3.63. The van der Waals surface area contributed by atoms with E-state index in [0.717, 1.165) is 23.8 Å². The van der Waals surface area contributed by atoms with E-state index in [2.05, 4.69) is 10.6 Å². The fourth-order valence-corrected chi connectivity index (χ4v) is 2.57. The number of alkyl halides is 3. The molecule has 28 heavy (non-hydrogen) atoms. The standard InChI is InChI=1S/C16H13Cl3N4O5/c1-9-4-2-3-5-13(9)20-15(16(17,18)19)21-14(24)10-6-11(22(25)26)8-12(7-10)23(27)28/h2-8,15,20H,1H3,(H,21,24). The van der Waals surface area contributed by atoms with Crippen LogP contribution in [0.5, 0.6) is 0 Å². The van der Waals surface area contributed by atoms with E-state index in [9.17, 15) is 25.0 Å². The molecule has 0 aliphatic carbocycles. The van der Waals surface area contributed by atoms with Gasteiger partial charge in [0.2, 0.25) is 3.79 Å². The van der Waals surface area contributed by atoms with Crippen LogP contribution in [0.2, 0.25) is 0 Å². The lowest BCUT2D eigenvalue weighted by atomic mass is 10.1. The Morgan fingerprint density at radius 3 is 2.04 bits per heavy atom. The van der Waals surface area contributed by atoms with Gasteiger partial charge in [-0.3, -0.25) is 25.0 Å². The average molecular weight is 448 g/mol. The van der Waals surface area contributed by atoms with Gasteiger partial charge in [0.1, 0.15) is 6.17 Å². The van der Waals surface area contributed by atoms with E-state index in [0.29, 0.717) is 5.69 Å². The number of nitrogens with one attached hydrogen (secondary N) is 2. The van der Waals surface area contributed by atoms with Gasteiger partial charge in [0, 0.05) is 17.8 Å². The summed E-state index contributed by atoms with van der Waals surface area (Å²) < 4.78 is -2.00. The largest absolute Gasteiger partial charge is 0.362 e. The summed E-state index contributed by atoms with van der Waals surface area (Å²) in [6.45, 7) is 1.80. The monoisotopic (exact) mass is 446 g/mol. The summed E-state index contributed by atoms with van der Waals surface area (Å²) >= 11 is 17.8. The zero-order valence-corrected chi connectivity index (χ0v) is 16.5. The second-order valence-corrected chi connectivity index (χ2v) is 8.03. The van der Waals surface area contributed by atoms with Gasteiger partial charge in [0.15, 0.2) is 0 Å². The number of hydrogen-bond donors (Lipinski definition) is 2. The number of nitro groups is 2. The summed E-state index contributed by atoms with van der Waals surface area (Å²) in [7, 11) is 0. The molecule has 0 aliphatic heterocycles. The molecule has 1 atom stereocenters. The first kappa shape index (κ1) is 21.7. The minimum absolute atomic E-state index is 0.327. The van der Waals surface area contributed by atoms with Crippen molar-refractivity contribution in [1.29, 1.82) is 0 Å². The molecule has 0 saturated carbocycles. The molecule has 0 aromatic heterocycles. The highest BCUT2D eigenvalue weighted by Gasteiger charge is 2.35. The smallest absolute Gasteiger partial charge is 0.277 e. The van der Waals surface area contributed by atoms with E-state index in [1.807, 2.05) is 0 Å². The van der Waals surface area contributed by atoms with Crippen LogP contribution in [0, 0.1) is 27.2 Å². The number of rotatable bonds is 6. The molecule has 2 N–H and O–H groups in total. The maximum absolute atomic E-state index is 12.6. The minimum atomic E-state index is -2.00. The number of halogens is 3. The fraction of sp³-hybridized carbons (Fsp3) is 0.188. The van der Waals surface area contributed by atoms with Gasteiger partial charge in [-0.25, -0.2) is 0 Å². The Morgan fingerprint density at radius 1 is 1.04 bits per heavy atom. The number of carbonyl (C=O) groups excluding carboxylic acids is 1. The first-order valence-electron chi connectivity index (χ1n) is 7.62. The highest BCUT2D eigenvalue weighted by atomic mass is 35.6. The van der Waals surface area contributed by atoms with Crippen LogP contribution in [0.1, 0.15) is 15.9 Å². The van der Waals surface area contributed by atoms with Crippen molar-refractivity contribution in [2.75, 3.05) is 5.32 Å². The van der Waals surface area contributed by atoms with Crippen molar-refractivity contribution in [3.05, 3.63) is 73.8 Å². The van der Waals surface area contributed by atoms with E-state index >= 15 is 0 Å². The van der Waals surface area contributed by atoms with Crippen molar-refractivity contribution in [2.24, 2.45) is 0 Å². The van der Waals surface area contributed by atoms with Crippen molar-refractivity contribution in [1.82, 2.24) is 5.32 Å². The number of amides is 1. The summed E-state index contributed by atoms with van der Waals surface area (Å²) in [4.78, 5) is 32.8. The van der Waals surface area contributed by atoms with E-state index in [-0.39, 0.29) is 5.56 Å². The van der Waals surface area contributed by atoms with E-state index in [1.165, 1.54) is 0 Å². The number of anilines is 1. The lowest BCUT2D eigenvalue weighted by Crippen LogP contribution is -2.49. The maximum atomic E-state index is 12.6. The number of hydrogen-bond acceptors (Lipinski definition) is 6. The zero-order valence-electron chi connectivity index (χ0n) is 14.2. The van der Waals surface area contributed by atoms with E-state index in [4.69, 9.17) is 34.8 Å². The predicted molar refractivity (Wildman–Crippen MR) is 106 cm³/mol. The highest BCUT2D eigenvalue weighted by Crippen LogP contribution is 2.32. The Bertz CT molecular complexity index is 900. The molecule has 1 unspecified atom stereocenters. The first-order valence-corrected chi connectivity index (χ1v) is 8.76. The van der Waals surface area contributed by atoms with Crippen molar-refractivity contribution in [3.63, 3.8) is 0 Å². The number of aryl methyl sites for hydroxylation is 1. The fourth-order valence-electron chi connectivity index (χ4n) is 2.24. The first-order chi connectivity index (χ1) is 13.0. The Balaban J connectivity index is 2.35. The zero-order chi connectivity index (χ0) is 21.1. The molecule has 12 heteroatoms. The van der Waals surface area contributed by atoms with Crippen molar-refractivity contribution >= 4 is 57.8 Å². The molecule has 9 nitrogen and oxygen atoms in total. The van der Waals surface area contributed by atoms with Crippen molar-refractivity contribution in [2.45, 2.75) is 16.9 Å². The highest BCUT2D eigenvalue weighted by molar-refractivity contribution is 6.68. The van der Waals surface area contributed by atoms with Crippen LogP contribution < -0.4 is 10.6 Å². The summed E-state index contributed by atoms with van der Waals surface area (Å²) in [6, 6.07) is 9.56. The van der Waals surface area contributed by atoms with Crippen LogP contribution in [0.4, 0.5) is 17.1 Å². The van der Waals surface area contributed by atoms with Gasteiger partial charge < -0.3 is 10.6 Å². The molecule has 2 rings (SSSR count). The second-order valence-electron chi connectivity index (χ2n) is 5.66. The molecular weight excluding hydrogens is 435 g/mol. The van der Waals surface area contributed by atoms with Crippen molar-refractivity contribution in [3.8, 4) is 0 Å². The van der Waals surface area contributed by atoms with Gasteiger partial charge in [-0.15, -0.1) is 0 Å². The second kappa shape index (κ2) is 8.59. The van der Waals surface area contributed by atoms with Gasteiger partial charge in [-0.2, -0.15) is 0 Å². The molecule has 2 aromatic carbocycles. The Kier molecular flexibility index (Phi) is 6.65. The predicted octanol–water partition coefficient (Wildman–Crippen LogP) is 4.35. The number of carbonyl (C=O) groups is 1. The van der Waals surface area contributed by atoms with Crippen molar-refractivity contribution < 1.29 is 14.6 Å². The van der Waals surface area contributed by atoms with E-state index in [1.54, 1.807) is 31.2 Å². The van der Waals surface area contributed by atoms with Gasteiger partial charge >= 0.3 is 0 Å². The number of para-hydroxylation sites is 1. The van der Waals surface area contributed by atoms with Crippen LogP contribution in [-0.4, -0.2) is 25.7 Å². The summed E-state index contributed by atoms with van der Waals surface area (Å²) in [5.74, 6) is -0.899. The van der Waals surface area contributed by atoms with E-state index < -0.39 is 37.1 Å². The SMILES string of the molecule is Cc1ccccc1NC(NC(=O)c1cc([N+](=O)[O-])cc([N+](=O)[O-])c1)C(Cl)(Cl)Cl. The third kappa shape index (κ3) is 5.44. The Morgan fingerprint density at radius 2 is 1.57 bits per heavy atom. The Labute approximate surface area is 173 Å². The molecule has 0 bridgehead atoms. The lowest BCUT2D eigenvalue weighted by molar-refractivity contribution is -0.394. The number of non-ortho nitro benzene ring substituents is 2. The molecule has 0 saturated heterocycles. The quantitative estimate of drug-likeness (QED) is 0.293. The molecule has 0 radical (unpaired) electrons. The molecule has 0 heterocycles. The van der Waals surface area contributed by atoms with Crippen LogP contribution in [0.25, 0.3) is 0 Å². The minimum Gasteiger partial charge on any atom is -0.362 e. The molecule has 0 aliphatic rings. The topological polar surface area (TPSA) is 127 Å². The molecule has 2 aromatic rings. The normalized spacial score (nSPS) is 12.1. The van der Waals surface area contributed by atoms with Gasteiger partial charge in [0.05, 0.1) is 21.5 Å². The number of benzene rings is 2. The van der Waals surface area contributed by atoms with Gasteiger partial charge in [-0.05, 0) is 18.6 Å². The summed E-state index contributed by atoms with van der Waals surface area (Å²) in [5.41, 5.74) is -0.175. The molecule has 0 spiro atoms. The molecule has 0 fully saturated rings. The van der Waals surface area contributed by atoms with Crippen LogP contribution >= 0.6 is 34.8 Å². The molecule has 148 valence electrons. The Hall–Kier alpha value is -2.62. The molecule has 1 amide bonds. The molecular formula is C16H13Cl3N4O5. The van der Waals surface area contributed by atoms with Crippen LogP contribution in [0.15, 0.2) is 42.5 Å². The number of nitrogens with zero attached hydrogens (tertiary/aromatic N) is 2. The summed E-state index contributed by atoms with van der Waals surface area (Å²) in [6.07, 6.45) is -1.23. The van der Waals surface area contributed by atoms with Crippen LogP contribution in [-0.2, 0) is 0 Å². The average Bonchev–Trinajstić information content (AvgIpc) is 2.61. The third-order valence-corrected chi connectivity index (χ3v) is 4.29.